The molecule has 0 saturated carbocycles. The second kappa shape index (κ2) is 8.19. The van der Waals surface area contributed by atoms with E-state index in [1.807, 2.05) is 30.3 Å². The van der Waals surface area contributed by atoms with Crippen molar-refractivity contribution in [2.75, 3.05) is 0 Å². The standard InChI is InChI=1S/C7H8O.Al.3ClH/c8-6-7-4-2-1-3-5-7;;;;/h1-5,8H,6H2;;3*1H/q;+3;;;/p-3. The summed E-state index contributed by atoms with van der Waals surface area (Å²) in [7, 11) is 14.8. The van der Waals surface area contributed by atoms with Crippen molar-refractivity contribution in [3.05, 3.63) is 35.9 Å². The van der Waals surface area contributed by atoms with Gasteiger partial charge in [-0.25, -0.2) is 30.1 Å². The lowest BCUT2D eigenvalue weighted by Crippen LogP contribution is -1.77. The predicted octanol–water partition coefficient (Wildman–Crippen LogP) is 2.87. The summed E-state index contributed by atoms with van der Waals surface area (Å²) in [4.78, 5) is 0. The van der Waals surface area contributed by atoms with Gasteiger partial charge in [-0.05, 0) is 5.56 Å². The molecule has 1 aromatic rings. The lowest BCUT2D eigenvalue weighted by Gasteiger charge is -1.89. The van der Waals surface area contributed by atoms with Crippen molar-refractivity contribution in [1.29, 1.82) is 0 Å². The fraction of sp³-hybridized carbons (Fsp3) is 0.143. The first-order valence-corrected chi connectivity index (χ1v) is 8.47. The molecule has 1 N–H and O–H groups in total. The third kappa shape index (κ3) is 8.68. The average molecular weight is 241 g/mol. The van der Waals surface area contributed by atoms with Gasteiger partial charge in [0.25, 0.3) is 0 Å². The van der Waals surface area contributed by atoms with E-state index in [1.165, 1.54) is 0 Å². The first kappa shape index (κ1) is 12.6. The van der Waals surface area contributed by atoms with Crippen molar-refractivity contribution in [3.8, 4) is 0 Å². The Kier molecular flexibility index (Phi) is 8.59. The summed E-state index contributed by atoms with van der Waals surface area (Å²) >= 11 is -1.72. The van der Waals surface area contributed by atoms with E-state index in [2.05, 4.69) is 0 Å². The SMILES string of the molecule is OCc1ccccc1.[Cl][Al]([Cl])[Cl]. The third-order valence-corrected chi connectivity index (χ3v) is 1.03. The minimum Gasteiger partial charge on any atom is -0.392 e. The van der Waals surface area contributed by atoms with Crippen molar-refractivity contribution in [2.24, 2.45) is 0 Å². The maximum absolute atomic E-state index is 8.54. The first-order valence-electron chi connectivity index (χ1n) is 3.24. The molecule has 66 valence electrons. The molecule has 0 bridgehead atoms. The number of rotatable bonds is 1. The van der Waals surface area contributed by atoms with Gasteiger partial charge >= 0.3 is 11.4 Å². The molecular formula is C7H8AlCl3O. The summed E-state index contributed by atoms with van der Waals surface area (Å²) in [5, 5.41) is 8.54. The predicted molar refractivity (Wildman–Crippen MR) is 55.7 cm³/mol. The smallest absolute Gasteiger partial charge is 0.392 e. The van der Waals surface area contributed by atoms with E-state index >= 15 is 0 Å². The van der Waals surface area contributed by atoms with Gasteiger partial charge < -0.3 is 5.11 Å². The fourth-order valence-electron chi connectivity index (χ4n) is 0.583. The molecule has 0 aliphatic heterocycles. The van der Waals surface area contributed by atoms with Gasteiger partial charge in [-0.1, -0.05) is 30.3 Å². The lowest BCUT2D eigenvalue weighted by atomic mass is 10.2. The molecule has 0 aliphatic carbocycles. The number of aliphatic hydroxyl groups is 1. The molecule has 1 aromatic carbocycles. The van der Waals surface area contributed by atoms with E-state index in [1.54, 1.807) is 0 Å². The zero-order valence-corrected chi connectivity index (χ0v) is 9.67. The van der Waals surface area contributed by atoms with Gasteiger partial charge in [0, 0.05) is 0 Å². The molecular weight excluding hydrogens is 233 g/mol. The number of hydrogen-bond donors (Lipinski definition) is 1. The van der Waals surface area contributed by atoms with Gasteiger partial charge in [0.1, 0.15) is 0 Å². The summed E-state index contributed by atoms with van der Waals surface area (Å²) in [5.41, 5.74) is 0.965. The molecule has 1 nitrogen and oxygen atoms in total. The number of benzene rings is 1. The zero-order chi connectivity index (χ0) is 9.40. The molecule has 0 atom stereocenters. The van der Waals surface area contributed by atoms with Gasteiger partial charge in [0.2, 0.25) is 0 Å². The lowest BCUT2D eigenvalue weighted by molar-refractivity contribution is 0.282. The van der Waals surface area contributed by atoms with Crippen molar-refractivity contribution >= 4 is 41.5 Å². The second-order valence-corrected chi connectivity index (χ2v) is 8.32. The minimum absolute atomic E-state index is 0.140. The maximum atomic E-state index is 8.54. The highest BCUT2D eigenvalue weighted by atomic mass is 35.8. The molecule has 0 radical (unpaired) electrons. The third-order valence-electron chi connectivity index (χ3n) is 1.03. The fourth-order valence-corrected chi connectivity index (χ4v) is 0.583. The van der Waals surface area contributed by atoms with E-state index in [-0.39, 0.29) is 6.61 Å². The van der Waals surface area contributed by atoms with E-state index in [0.29, 0.717) is 0 Å². The maximum Gasteiger partial charge on any atom is 0.643 e. The highest BCUT2D eigenvalue weighted by molar-refractivity contribution is 7.54. The highest BCUT2D eigenvalue weighted by Gasteiger charge is 2.00. The summed E-state index contributed by atoms with van der Waals surface area (Å²) in [6, 6.07) is 9.52. The van der Waals surface area contributed by atoms with Crippen molar-refractivity contribution in [3.63, 3.8) is 0 Å². The molecule has 0 aliphatic rings. The zero-order valence-electron chi connectivity index (χ0n) is 6.25. The van der Waals surface area contributed by atoms with Crippen LogP contribution in [0.4, 0.5) is 0 Å². The van der Waals surface area contributed by atoms with Crippen molar-refractivity contribution in [1.82, 2.24) is 0 Å². The monoisotopic (exact) mass is 240 g/mol. The Morgan fingerprint density at radius 3 is 1.75 bits per heavy atom. The van der Waals surface area contributed by atoms with Crippen LogP contribution in [0, 0.1) is 0 Å². The van der Waals surface area contributed by atoms with Crippen LogP contribution in [-0.4, -0.2) is 16.5 Å². The van der Waals surface area contributed by atoms with Gasteiger partial charge in [0.15, 0.2) is 0 Å². The highest BCUT2D eigenvalue weighted by Crippen LogP contribution is 1.97. The van der Waals surface area contributed by atoms with Gasteiger partial charge in [-0.3, -0.25) is 0 Å². The van der Waals surface area contributed by atoms with E-state index in [4.69, 9.17) is 35.3 Å². The average Bonchev–Trinajstić information content (AvgIpc) is 2.05. The summed E-state index contributed by atoms with van der Waals surface area (Å²) in [5.74, 6) is 0. The normalized spacial score (nSPS) is 8.33. The van der Waals surface area contributed by atoms with Gasteiger partial charge in [-0.2, -0.15) is 0 Å². The topological polar surface area (TPSA) is 20.2 Å². The molecule has 5 heteroatoms. The van der Waals surface area contributed by atoms with E-state index < -0.39 is 11.4 Å². The van der Waals surface area contributed by atoms with Crippen LogP contribution >= 0.6 is 30.1 Å². The van der Waals surface area contributed by atoms with Crippen molar-refractivity contribution in [2.45, 2.75) is 6.61 Å². The van der Waals surface area contributed by atoms with Gasteiger partial charge in [-0.15, -0.1) is 0 Å². The Hall–Kier alpha value is 0.582. The second-order valence-electron chi connectivity index (χ2n) is 1.89. The van der Waals surface area contributed by atoms with Gasteiger partial charge in [0.05, 0.1) is 6.61 Å². The molecule has 0 amide bonds. The quantitative estimate of drug-likeness (QED) is 0.750. The molecule has 1 rings (SSSR count). The molecule has 0 saturated heterocycles. The Bertz CT molecular complexity index is 190. The van der Waals surface area contributed by atoms with Crippen LogP contribution in [0.2, 0.25) is 0 Å². The van der Waals surface area contributed by atoms with Crippen LogP contribution in [0.3, 0.4) is 0 Å². The molecule has 0 fully saturated rings. The van der Waals surface area contributed by atoms with E-state index in [9.17, 15) is 0 Å². The van der Waals surface area contributed by atoms with E-state index in [0.717, 1.165) is 5.56 Å². The molecule has 0 aromatic heterocycles. The van der Waals surface area contributed by atoms with Crippen LogP contribution in [0.5, 0.6) is 0 Å². The Labute approximate surface area is 88.9 Å². The molecule has 0 spiro atoms. The Balaban J connectivity index is 0.000000261. The van der Waals surface area contributed by atoms with Crippen LogP contribution in [0.15, 0.2) is 30.3 Å². The van der Waals surface area contributed by atoms with Crippen LogP contribution in [0.1, 0.15) is 5.56 Å². The number of aliphatic hydroxyl groups excluding tert-OH is 1. The largest absolute Gasteiger partial charge is 0.643 e. The first-order chi connectivity index (χ1) is 5.66. The summed E-state index contributed by atoms with van der Waals surface area (Å²) in [6.07, 6.45) is 0. The minimum atomic E-state index is -1.72. The molecule has 12 heavy (non-hydrogen) atoms. The Morgan fingerprint density at radius 2 is 1.50 bits per heavy atom. The van der Waals surface area contributed by atoms with Crippen LogP contribution in [-0.2, 0) is 6.61 Å². The molecule has 0 heterocycles. The summed E-state index contributed by atoms with van der Waals surface area (Å²) in [6.45, 7) is 0.140. The van der Waals surface area contributed by atoms with Crippen molar-refractivity contribution < 1.29 is 5.11 Å². The number of halogens is 3. The summed E-state index contributed by atoms with van der Waals surface area (Å²) < 4.78 is 0. The molecule has 0 unspecified atom stereocenters. The van der Waals surface area contributed by atoms with Crippen LogP contribution in [0.25, 0.3) is 0 Å². The van der Waals surface area contributed by atoms with Crippen LogP contribution < -0.4 is 0 Å². The number of hydrogen-bond acceptors (Lipinski definition) is 1. The Morgan fingerprint density at radius 1 is 1.08 bits per heavy atom.